The van der Waals surface area contributed by atoms with Crippen molar-refractivity contribution in [1.29, 1.82) is 0 Å². The molecule has 3 rings (SSSR count). The van der Waals surface area contributed by atoms with Crippen molar-refractivity contribution in [3.63, 3.8) is 0 Å². The molecule has 1 aliphatic carbocycles. The zero-order valence-corrected chi connectivity index (χ0v) is 8.90. The molecule has 2 aliphatic rings. The van der Waals surface area contributed by atoms with E-state index in [-0.39, 0.29) is 0 Å². The van der Waals surface area contributed by atoms with E-state index >= 15 is 0 Å². The molecule has 1 aromatic carbocycles. The van der Waals surface area contributed by atoms with Gasteiger partial charge in [-0.3, -0.25) is 0 Å². The highest BCUT2D eigenvalue weighted by Gasteiger charge is 2.40. The number of hydrogen-bond acceptors (Lipinski definition) is 1. The van der Waals surface area contributed by atoms with Gasteiger partial charge >= 0.3 is 0 Å². The molecule has 1 N–H and O–H groups in total. The predicted molar refractivity (Wildman–Crippen MR) is 60.1 cm³/mol. The van der Waals surface area contributed by atoms with E-state index in [2.05, 4.69) is 17.4 Å². The molecule has 1 nitrogen and oxygen atoms in total. The molecule has 1 saturated carbocycles. The Kier molecular flexibility index (Phi) is 1.78. The highest BCUT2D eigenvalue weighted by atomic mass is 35.5. The number of fused-ring (bicyclic) bond motifs is 2. The second-order valence-electron chi connectivity index (χ2n) is 4.53. The number of nitrogens with one attached hydrogen (secondary N) is 1. The van der Waals surface area contributed by atoms with E-state index in [0.717, 1.165) is 11.6 Å². The molecule has 2 heteroatoms. The Morgan fingerprint density at radius 1 is 1.21 bits per heavy atom. The van der Waals surface area contributed by atoms with Crippen LogP contribution in [0.5, 0.6) is 0 Å². The SMILES string of the molecule is Clc1ccc2c(c1)C1(CCCC1)CN2. The van der Waals surface area contributed by atoms with Gasteiger partial charge in [-0.15, -0.1) is 0 Å². The molecular weight excluding hydrogens is 194 g/mol. The first-order valence-corrected chi connectivity index (χ1v) is 5.72. The van der Waals surface area contributed by atoms with Crippen LogP contribution in [-0.4, -0.2) is 6.54 Å². The van der Waals surface area contributed by atoms with Gasteiger partial charge in [0.2, 0.25) is 0 Å². The van der Waals surface area contributed by atoms with Crippen LogP contribution in [0.2, 0.25) is 5.02 Å². The summed E-state index contributed by atoms with van der Waals surface area (Å²) in [5.41, 5.74) is 3.18. The first-order valence-electron chi connectivity index (χ1n) is 5.34. The zero-order chi connectivity index (χ0) is 9.60. The van der Waals surface area contributed by atoms with Gasteiger partial charge in [-0.1, -0.05) is 24.4 Å². The maximum atomic E-state index is 6.06. The molecule has 0 atom stereocenters. The highest BCUT2D eigenvalue weighted by Crippen LogP contribution is 2.48. The molecule has 0 aromatic heterocycles. The van der Waals surface area contributed by atoms with Gasteiger partial charge in [0.05, 0.1) is 0 Å². The molecule has 1 aliphatic heterocycles. The molecule has 0 amide bonds. The van der Waals surface area contributed by atoms with E-state index in [1.165, 1.54) is 36.9 Å². The van der Waals surface area contributed by atoms with Crippen LogP contribution in [0.4, 0.5) is 5.69 Å². The molecule has 14 heavy (non-hydrogen) atoms. The number of hydrogen-bond donors (Lipinski definition) is 1. The van der Waals surface area contributed by atoms with E-state index in [1.807, 2.05) is 6.07 Å². The van der Waals surface area contributed by atoms with Gasteiger partial charge in [0.15, 0.2) is 0 Å². The number of rotatable bonds is 0. The Morgan fingerprint density at radius 3 is 2.79 bits per heavy atom. The van der Waals surface area contributed by atoms with E-state index in [4.69, 9.17) is 11.6 Å². The van der Waals surface area contributed by atoms with Crippen molar-refractivity contribution < 1.29 is 0 Å². The lowest BCUT2D eigenvalue weighted by atomic mass is 9.81. The van der Waals surface area contributed by atoms with Gasteiger partial charge in [0.1, 0.15) is 0 Å². The van der Waals surface area contributed by atoms with Crippen LogP contribution in [0, 0.1) is 0 Å². The highest BCUT2D eigenvalue weighted by molar-refractivity contribution is 6.30. The fourth-order valence-electron chi connectivity index (χ4n) is 2.97. The lowest BCUT2D eigenvalue weighted by molar-refractivity contribution is 0.489. The molecule has 1 heterocycles. The van der Waals surface area contributed by atoms with Crippen molar-refractivity contribution in [2.75, 3.05) is 11.9 Å². The van der Waals surface area contributed by atoms with Gasteiger partial charge in [-0.05, 0) is 36.6 Å². The summed E-state index contributed by atoms with van der Waals surface area (Å²) in [5.74, 6) is 0. The van der Waals surface area contributed by atoms with E-state index < -0.39 is 0 Å². The first-order chi connectivity index (χ1) is 6.80. The summed E-state index contributed by atoms with van der Waals surface area (Å²) in [6.07, 6.45) is 5.39. The average molecular weight is 208 g/mol. The van der Waals surface area contributed by atoms with Crippen LogP contribution in [0.1, 0.15) is 31.2 Å². The lowest BCUT2D eigenvalue weighted by Crippen LogP contribution is -2.23. The summed E-state index contributed by atoms with van der Waals surface area (Å²) in [5, 5.41) is 4.38. The van der Waals surface area contributed by atoms with Gasteiger partial charge in [0.25, 0.3) is 0 Å². The average Bonchev–Trinajstić information content (AvgIpc) is 2.77. The Bertz CT molecular complexity index is 367. The quantitative estimate of drug-likeness (QED) is 0.686. The third kappa shape index (κ3) is 1.08. The fraction of sp³-hybridized carbons (Fsp3) is 0.500. The Labute approximate surface area is 89.5 Å². The van der Waals surface area contributed by atoms with Gasteiger partial charge in [0, 0.05) is 22.7 Å². The summed E-state index contributed by atoms with van der Waals surface area (Å²) in [4.78, 5) is 0. The first kappa shape index (κ1) is 8.60. The molecule has 1 aromatic rings. The zero-order valence-electron chi connectivity index (χ0n) is 8.15. The molecule has 0 saturated heterocycles. The summed E-state index contributed by atoms with van der Waals surface area (Å²) in [6.45, 7) is 1.11. The Hall–Kier alpha value is -0.690. The molecule has 1 spiro atoms. The largest absolute Gasteiger partial charge is 0.384 e. The Balaban J connectivity index is 2.12. The molecule has 0 radical (unpaired) electrons. The third-order valence-corrected chi connectivity index (χ3v) is 3.97. The van der Waals surface area contributed by atoms with Crippen LogP contribution in [0.25, 0.3) is 0 Å². The van der Waals surface area contributed by atoms with Crippen LogP contribution < -0.4 is 5.32 Å². The molecular formula is C12H14ClN. The smallest absolute Gasteiger partial charge is 0.0410 e. The van der Waals surface area contributed by atoms with Crippen molar-refractivity contribution in [1.82, 2.24) is 0 Å². The minimum absolute atomic E-state index is 0.417. The van der Waals surface area contributed by atoms with Crippen molar-refractivity contribution in [2.24, 2.45) is 0 Å². The number of benzene rings is 1. The van der Waals surface area contributed by atoms with Gasteiger partial charge in [-0.25, -0.2) is 0 Å². The van der Waals surface area contributed by atoms with Crippen molar-refractivity contribution in [3.05, 3.63) is 28.8 Å². The van der Waals surface area contributed by atoms with E-state index in [1.54, 1.807) is 0 Å². The number of halogens is 1. The van der Waals surface area contributed by atoms with E-state index in [9.17, 15) is 0 Å². The topological polar surface area (TPSA) is 12.0 Å². The van der Waals surface area contributed by atoms with Crippen molar-refractivity contribution >= 4 is 17.3 Å². The molecule has 74 valence electrons. The molecule has 0 bridgehead atoms. The molecule has 1 fully saturated rings. The van der Waals surface area contributed by atoms with Gasteiger partial charge < -0.3 is 5.32 Å². The summed E-state index contributed by atoms with van der Waals surface area (Å²) in [6, 6.07) is 6.24. The fourth-order valence-corrected chi connectivity index (χ4v) is 3.14. The van der Waals surface area contributed by atoms with Crippen LogP contribution >= 0.6 is 11.6 Å². The van der Waals surface area contributed by atoms with Gasteiger partial charge in [-0.2, -0.15) is 0 Å². The summed E-state index contributed by atoms with van der Waals surface area (Å²) >= 11 is 6.06. The predicted octanol–water partition coefficient (Wildman–Crippen LogP) is 3.58. The normalized spacial score (nSPS) is 22.4. The van der Waals surface area contributed by atoms with Crippen molar-refractivity contribution in [3.8, 4) is 0 Å². The Morgan fingerprint density at radius 2 is 2.00 bits per heavy atom. The van der Waals surface area contributed by atoms with Crippen molar-refractivity contribution in [2.45, 2.75) is 31.1 Å². The lowest BCUT2D eigenvalue weighted by Gasteiger charge is -2.22. The maximum Gasteiger partial charge on any atom is 0.0410 e. The summed E-state index contributed by atoms with van der Waals surface area (Å²) < 4.78 is 0. The minimum atomic E-state index is 0.417. The second kappa shape index (κ2) is 2.90. The summed E-state index contributed by atoms with van der Waals surface area (Å²) in [7, 11) is 0. The van der Waals surface area contributed by atoms with E-state index in [0.29, 0.717) is 5.41 Å². The third-order valence-electron chi connectivity index (χ3n) is 3.73. The standard InChI is InChI=1S/C12H14ClN/c13-9-3-4-11-10(7-9)12(8-14-11)5-1-2-6-12/h3-4,7,14H,1-2,5-6,8H2. The molecule has 0 unspecified atom stereocenters. The monoisotopic (exact) mass is 207 g/mol. The number of anilines is 1. The van der Waals surface area contributed by atoms with Crippen LogP contribution in [0.15, 0.2) is 18.2 Å². The minimum Gasteiger partial charge on any atom is -0.384 e. The van der Waals surface area contributed by atoms with Crippen LogP contribution in [-0.2, 0) is 5.41 Å². The second-order valence-corrected chi connectivity index (χ2v) is 4.97. The maximum absolute atomic E-state index is 6.06. The van der Waals surface area contributed by atoms with Crippen LogP contribution in [0.3, 0.4) is 0 Å².